The van der Waals surface area contributed by atoms with Crippen LogP contribution in [0.15, 0.2) is 41.8 Å². The van der Waals surface area contributed by atoms with E-state index in [1.54, 1.807) is 7.11 Å². The van der Waals surface area contributed by atoms with Crippen molar-refractivity contribution in [2.24, 2.45) is 0 Å². The molecular weight excluding hydrogens is 304 g/mol. The van der Waals surface area contributed by atoms with Gasteiger partial charge in [0.05, 0.1) is 11.7 Å². The Balaban J connectivity index is 2.15. The first kappa shape index (κ1) is 18.6. The molecule has 1 aliphatic carbocycles. The van der Waals surface area contributed by atoms with Crippen LogP contribution in [-0.4, -0.2) is 31.2 Å². The summed E-state index contributed by atoms with van der Waals surface area (Å²) in [6.45, 7) is 5.99. The van der Waals surface area contributed by atoms with Gasteiger partial charge < -0.3 is 9.47 Å². The van der Waals surface area contributed by atoms with Crippen LogP contribution in [0.4, 0.5) is 0 Å². The smallest absolute Gasteiger partial charge is 0.0825 e. The van der Waals surface area contributed by atoms with E-state index in [-0.39, 0.29) is 11.7 Å². The van der Waals surface area contributed by atoms with Crippen molar-refractivity contribution in [3.8, 4) is 0 Å². The van der Waals surface area contributed by atoms with Gasteiger partial charge in [-0.1, -0.05) is 36.6 Å². The first-order chi connectivity index (χ1) is 11.1. The molecule has 1 aromatic carbocycles. The molecule has 0 spiro atoms. The molecule has 1 aromatic rings. The van der Waals surface area contributed by atoms with E-state index in [1.165, 1.54) is 29.7 Å². The van der Waals surface area contributed by atoms with E-state index < -0.39 is 0 Å². The van der Waals surface area contributed by atoms with Gasteiger partial charge in [-0.2, -0.15) is 0 Å². The van der Waals surface area contributed by atoms with Crippen molar-refractivity contribution >= 4 is 11.8 Å². The summed E-state index contributed by atoms with van der Waals surface area (Å²) in [6, 6.07) is 8.84. The van der Waals surface area contributed by atoms with Crippen LogP contribution < -0.4 is 0 Å². The zero-order valence-electron chi connectivity index (χ0n) is 14.7. The van der Waals surface area contributed by atoms with Gasteiger partial charge in [-0.3, -0.25) is 0 Å². The molecule has 128 valence electrons. The molecule has 23 heavy (non-hydrogen) atoms. The monoisotopic (exact) mass is 334 g/mol. The predicted molar refractivity (Wildman–Crippen MR) is 99.3 cm³/mol. The molecule has 3 atom stereocenters. The first-order valence-electron chi connectivity index (χ1n) is 8.55. The molecule has 0 aromatic heterocycles. The zero-order valence-corrected chi connectivity index (χ0v) is 15.5. The van der Waals surface area contributed by atoms with Crippen molar-refractivity contribution in [3.05, 3.63) is 42.5 Å². The Morgan fingerprint density at radius 3 is 2.65 bits per heavy atom. The summed E-state index contributed by atoms with van der Waals surface area (Å²) in [5.41, 5.74) is 1.21. The van der Waals surface area contributed by atoms with Crippen molar-refractivity contribution < 1.29 is 9.47 Å². The van der Waals surface area contributed by atoms with E-state index in [0.29, 0.717) is 5.25 Å². The van der Waals surface area contributed by atoms with Gasteiger partial charge in [-0.15, -0.1) is 18.3 Å². The van der Waals surface area contributed by atoms with Crippen molar-refractivity contribution in [1.82, 2.24) is 0 Å². The minimum atomic E-state index is -0.0997. The van der Waals surface area contributed by atoms with E-state index in [0.717, 1.165) is 19.3 Å². The van der Waals surface area contributed by atoms with E-state index >= 15 is 0 Å². The fraction of sp³-hybridized carbons (Fsp3) is 0.600. The zero-order chi connectivity index (χ0) is 16.7. The van der Waals surface area contributed by atoms with Crippen LogP contribution in [-0.2, 0) is 9.47 Å². The predicted octanol–water partition coefficient (Wildman–Crippen LogP) is 5.40. The summed E-state index contributed by atoms with van der Waals surface area (Å²) in [5, 5.41) is 0.478. The minimum Gasteiger partial charge on any atom is -0.381 e. The van der Waals surface area contributed by atoms with Gasteiger partial charge in [0.15, 0.2) is 0 Å². The highest BCUT2D eigenvalue weighted by molar-refractivity contribution is 8.00. The highest BCUT2D eigenvalue weighted by Gasteiger charge is 2.43. The van der Waals surface area contributed by atoms with Gasteiger partial charge >= 0.3 is 0 Å². The lowest BCUT2D eigenvalue weighted by molar-refractivity contribution is -0.0721. The van der Waals surface area contributed by atoms with Crippen LogP contribution in [0.1, 0.15) is 44.1 Å². The third-order valence-corrected chi connectivity index (χ3v) is 6.44. The Morgan fingerprint density at radius 2 is 2.04 bits per heavy atom. The Bertz CT molecular complexity index is 485. The number of hydrogen-bond acceptors (Lipinski definition) is 3. The highest BCUT2D eigenvalue weighted by Crippen LogP contribution is 2.45. The van der Waals surface area contributed by atoms with Crippen LogP contribution in [0.3, 0.4) is 0 Å². The Hall–Kier alpha value is -0.770. The molecular formula is C20H30O2S. The molecule has 1 fully saturated rings. The SMILES string of the molecule is C=CC[C@H](C[C@@]1(OC)CCCC[C@@H]1Sc1ccc(C)cc1)OC. The quantitative estimate of drug-likeness (QED) is 0.593. The molecule has 0 bridgehead atoms. The van der Waals surface area contributed by atoms with Crippen molar-refractivity contribution in [2.75, 3.05) is 14.2 Å². The van der Waals surface area contributed by atoms with E-state index in [9.17, 15) is 0 Å². The van der Waals surface area contributed by atoms with Crippen LogP contribution in [0.5, 0.6) is 0 Å². The molecule has 0 unspecified atom stereocenters. The largest absolute Gasteiger partial charge is 0.381 e. The maximum Gasteiger partial charge on any atom is 0.0825 e. The third-order valence-electron chi connectivity index (χ3n) is 4.94. The molecule has 3 heteroatoms. The number of ether oxygens (including phenoxy) is 2. The number of benzene rings is 1. The number of methoxy groups -OCH3 is 2. The number of hydrogen-bond donors (Lipinski definition) is 0. The molecule has 0 amide bonds. The van der Waals surface area contributed by atoms with Crippen molar-refractivity contribution in [3.63, 3.8) is 0 Å². The molecule has 0 radical (unpaired) electrons. The number of aryl methyl sites for hydroxylation is 1. The van der Waals surface area contributed by atoms with E-state index in [4.69, 9.17) is 9.47 Å². The van der Waals surface area contributed by atoms with Gasteiger partial charge in [0, 0.05) is 30.8 Å². The summed E-state index contributed by atoms with van der Waals surface area (Å²) in [4.78, 5) is 1.33. The summed E-state index contributed by atoms with van der Waals surface area (Å²) in [7, 11) is 3.66. The normalized spacial score (nSPS) is 26.0. The lowest BCUT2D eigenvalue weighted by Crippen LogP contribution is -2.47. The molecule has 1 aliphatic rings. The Kier molecular flexibility index (Phi) is 7.19. The topological polar surface area (TPSA) is 18.5 Å². The molecule has 2 nitrogen and oxygen atoms in total. The average Bonchev–Trinajstić information content (AvgIpc) is 2.58. The minimum absolute atomic E-state index is 0.0997. The second kappa shape index (κ2) is 8.91. The number of rotatable bonds is 8. The second-order valence-electron chi connectivity index (χ2n) is 6.52. The molecule has 2 rings (SSSR count). The maximum atomic E-state index is 6.13. The fourth-order valence-corrected chi connectivity index (χ4v) is 4.94. The van der Waals surface area contributed by atoms with Gasteiger partial charge in [0.2, 0.25) is 0 Å². The summed E-state index contributed by atoms with van der Waals surface area (Å²) in [5.74, 6) is 0. The third kappa shape index (κ3) is 4.85. The Morgan fingerprint density at radius 1 is 1.30 bits per heavy atom. The van der Waals surface area contributed by atoms with E-state index in [2.05, 4.69) is 37.8 Å². The summed E-state index contributed by atoms with van der Waals surface area (Å²) >= 11 is 1.97. The molecule has 0 saturated heterocycles. The maximum absolute atomic E-state index is 6.13. The number of thioether (sulfide) groups is 1. The first-order valence-corrected chi connectivity index (χ1v) is 9.43. The summed E-state index contributed by atoms with van der Waals surface area (Å²) < 4.78 is 11.8. The Labute approximate surface area is 145 Å². The van der Waals surface area contributed by atoms with E-state index in [1.807, 2.05) is 24.9 Å². The molecule has 0 N–H and O–H groups in total. The standard InChI is InChI=1S/C20H30O2S/c1-5-8-17(21-3)15-20(22-4)14-7-6-9-19(20)23-18-12-10-16(2)11-13-18/h5,10-13,17,19H,1,6-9,14-15H2,2-4H3/t17-,19+,20+/m1/s1. The van der Waals surface area contributed by atoms with Gasteiger partial charge in [-0.05, 0) is 38.3 Å². The lowest BCUT2D eigenvalue weighted by atomic mass is 9.79. The van der Waals surface area contributed by atoms with Gasteiger partial charge in [0.25, 0.3) is 0 Å². The highest BCUT2D eigenvalue weighted by atomic mass is 32.2. The van der Waals surface area contributed by atoms with Crippen LogP contribution in [0, 0.1) is 6.92 Å². The molecule has 1 saturated carbocycles. The fourth-order valence-electron chi connectivity index (χ4n) is 3.51. The van der Waals surface area contributed by atoms with Crippen LogP contribution >= 0.6 is 11.8 Å². The van der Waals surface area contributed by atoms with Crippen molar-refractivity contribution in [2.45, 2.75) is 67.3 Å². The van der Waals surface area contributed by atoms with Crippen LogP contribution in [0.25, 0.3) is 0 Å². The van der Waals surface area contributed by atoms with Gasteiger partial charge in [-0.25, -0.2) is 0 Å². The lowest BCUT2D eigenvalue weighted by Gasteiger charge is -2.44. The van der Waals surface area contributed by atoms with Crippen molar-refractivity contribution in [1.29, 1.82) is 0 Å². The second-order valence-corrected chi connectivity index (χ2v) is 7.80. The average molecular weight is 335 g/mol. The molecule has 0 heterocycles. The van der Waals surface area contributed by atoms with Crippen LogP contribution in [0.2, 0.25) is 0 Å². The van der Waals surface area contributed by atoms with Gasteiger partial charge in [0.1, 0.15) is 0 Å². The summed E-state index contributed by atoms with van der Waals surface area (Å²) in [6.07, 6.45) is 8.80. The molecule has 0 aliphatic heterocycles.